The lowest BCUT2D eigenvalue weighted by Gasteiger charge is -2.21. The second-order valence-corrected chi connectivity index (χ2v) is 6.33. The van der Waals surface area contributed by atoms with Crippen molar-refractivity contribution in [1.29, 1.82) is 0 Å². The smallest absolute Gasteiger partial charge is 0.221 e. The number of aryl methyl sites for hydroxylation is 1. The van der Waals surface area contributed by atoms with Gasteiger partial charge in [0.1, 0.15) is 0 Å². The lowest BCUT2D eigenvalue weighted by atomic mass is 9.98. The Morgan fingerprint density at radius 1 is 1.29 bits per heavy atom. The minimum atomic E-state index is 0.116. The molecular formula is C17H31N3O. The Hall–Kier alpha value is -1.29. The molecule has 0 aromatic carbocycles. The number of carbonyl (C=O) groups is 1. The van der Waals surface area contributed by atoms with Crippen LogP contribution in [0.4, 0.5) is 0 Å². The first-order valence-corrected chi connectivity index (χ1v) is 8.12. The van der Waals surface area contributed by atoms with Gasteiger partial charge in [0, 0.05) is 37.4 Å². The predicted octanol–water partition coefficient (Wildman–Crippen LogP) is 3.10. The molecule has 0 fully saturated rings. The first-order chi connectivity index (χ1) is 9.93. The summed E-state index contributed by atoms with van der Waals surface area (Å²) in [5.41, 5.74) is 1.31. The Bertz CT molecular complexity index is 423. The van der Waals surface area contributed by atoms with Crippen LogP contribution >= 0.6 is 0 Å². The van der Waals surface area contributed by atoms with Gasteiger partial charge >= 0.3 is 0 Å². The van der Waals surface area contributed by atoms with Crippen LogP contribution in [-0.4, -0.2) is 23.1 Å². The topological polar surface area (TPSA) is 46.1 Å². The third-order valence-electron chi connectivity index (χ3n) is 3.46. The molecule has 1 aromatic rings. The normalized spacial score (nSPS) is 12.9. The Morgan fingerprint density at radius 3 is 2.57 bits per heavy atom. The van der Waals surface area contributed by atoms with Crippen LogP contribution in [0.2, 0.25) is 0 Å². The number of nitrogens with one attached hydrogen (secondary N) is 2. The third-order valence-corrected chi connectivity index (χ3v) is 3.46. The first kappa shape index (κ1) is 17.8. The second kappa shape index (κ2) is 8.88. The van der Waals surface area contributed by atoms with Crippen molar-refractivity contribution in [3.05, 3.63) is 24.0 Å². The molecule has 0 bridgehead atoms. The second-order valence-electron chi connectivity index (χ2n) is 6.33. The Kier molecular flexibility index (Phi) is 7.51. The number of hydrogen-bond acceptors (Lipinski definition) is 2. The van der Waals surface area contributed by atoms with E-state index in [1.54, 1.807) is 0 Å². The molecule has 1 heterocycles. The zero-order valence-electron chi connectivity index (χ0n) is 14.1. The van der Waals surface area contributed by atoms with E-state index in [-0.39, 0.29) is 11.9 Å². The van der Waals surface area contributed by atoms with Crippen molar-refractivity contribution >= 4 is 5.91 Å². The van der Waals surface area contributed by atoms with Gasteiger partial charge in [-0.15, -0.1) is 0 Å². The highest BCUT2D eigenvalue weighted by Gasteiger charge is 2.16. The van der Waals surface area contributed by atoms with Crippen LogP contribution in [0.5, 0.6) is 0 Å². The molecule has 0 aliphatic heterocycles. The maximum Gasteiger partial charge on any atom is 0.221 e. The molecule has 2 N–H and O–H groups in total. The van der Waals surface area contributed by atoms with Gasteiger partial charge in [0.15, 0.2) is 0 Å². The van der Waals surface area contributed by atoms with Crippen molar-refractivity contribution in [2.75, 3.05) is 6.54 Å². The van der Waals surface area contributed by atoms with Crippen molar-refractivity contribution in [3.63, 3.8) is 0 Å². The molecule has 0 saturated carbocycles. The average Bonchev–Trinajstić information content (AvgIpc) is 2.84. The van der Waals surface area contributed by atoms with Crippen molar-refractivity contribution < 1.29 is 4.79 Å². The highest BCUT2D eigenvalue weighted by atomic mass is 16.1. The van der Waals surface area contributed by atoms with Crippen molar-refractivity contribution in [3.8, 4) is 0 Å². The van der Waals surface area contributed by atoms with Crippen LogP contribution in [0, 0.1) is 5.92 Å². The molecule has 0 aliphatic rings. The molecule has 0 radical (unpaired) electrons. The summed E-state index contributed by atoms with van der Waals surface area (Å²) in [7, 11) is 0. The monoisotopic (exact) mass is 293 g/mol. The van der Waals surface area contributed by atoms with E-state index in [1.807, 2.05) is 13.8 Å². The molecule has 1 aromatic heterocycles. The summed E-state index contributed by atoms with van der Waals surface area (Å²) in [5, 5.41) is 6.52. The van der Waals surface area contributed by atoms with Crippen molar-refractivity contribution in [2.45, 2.75) is 66.1 Å². The summed E-state index contributed by atoms with van der Waals surface area (Å²) in [6.07, 6.45) is 5.90. The van der Waals surface area contributed by atoms with Crippen LogP contribution in [0.3, 0.4) is 0 Å². The van der Waals surface area contributed by atoms with E-state index >= 15 is 0 Å². The average molecular weight is 293 g/mol. The van der Waals surface area contributed by atoms with Crippen LogP contribution in [0.15, 0.2) is 18.5 Å². The fraction of sp³-hybridized carbons (Fsp3) is 0.706. The van der Waals surface area contributed by atoms with Gasteiger partial charge in [-0.1, -0.05) is 20.8 Å². The molecular weight excluding hydrogens is 262 g/mol. The molecule has 1 amide bonds. The maximum absolute atomic E-state index is 11.7. The number of rotatable bonds is 9. The van der Waals surface area contributed by atoms with Crippen LogP contribution in [0.25, 0.3) is 0 Å². The standard InChI is InChI=1S/C17H31N3O/c1-6-9-18-17(13(2)3)15-7-10-20(12-15)11-8-16(21)19-14(4)5/h7,10,12-14,17-18H,6,8-9,11H2,1-5H3,(H,19,21). The summed E-state index contributed by atoms with van der Waals surface area (Å²) >= 11 is 0. The number of carbonyl (C=O) groups excluding carboxylic acids is 1. The Morgan fingerprint density at radius 2 is 2.00 bits per heavy atom. The number of hydrogen-bond donors (Lipinski definition) is 2. The molecule has 0 aliphatic carbocycles. The Balaban J connectivity index is 2.56. The van der Waals surface area contributed by atoms with Gasteiger partial charge in [-0.05, 0) is 44.4 Å². The highest BCUT2D eigenvalue weighted by molar-refractivity contribution is 5.76. The zero-order chi connectivity index (χ0) is 15.8. The zero-order valence-corrected chi connectivity index (χ0v) is 14.1. The third kappa shape index (κ3) is 6.34. The van der Waals surface area contributed by atoms with Crippen LogP contribution < -0.4 is 10.6 Å². The van der Waals surface area contributed by atoms with Gasteiger partial charge in [0.25, 0.3) is 0 Å². The quantitative estimate of drug-likeness (QED) is 0.735. The van der Waals surface area contributed by atoms with Gasteiger partial charge in [-0.3, -0.25) is 4.79 Å². The summed E-state index contributed by atoms with van der Waals surface area (Å²) in [6, 6.07) is 2.75. The summed E-state index contributed by atoms with van der Waals surface area (Å²) in [6.45, 7) is 12.4. The lowest BCUT2D eigenvalue weighted by Crippen LogP contribution is -2.30. The summed E-state index contributed by atoms with van der Waals surface area (Å²) < 4.78 is 2.11. The fourth-order valence-corrected chi connectivity index (χ4v) is 2.45. The van der Waals surface area contributed by atoms with E-state index < -0.39 is 0 Å². The van der Waals surface area contributed by atoms with E-state index in [0.29, 0.717) is 18.4 Å². The lowest BCUT2D eigenvalue weighted by molar-refractivity contribution is -0.121. The first-order valence-electron chi connectivity index (χ1n) is 8.12. The van der Waals surface area contributed by atoms with E-state index in [2.05, 4.69) is 54.4 Å². The van der Waals surface area contributed by atoms with E-state index in [4.69, 9.17) is 0 Å². The molecule has 4 nitrogen and oxygen atoms in total. The molecule has 0 spiro atoms. The fourth-order valence-electron chi connectivity index (χ4n) is 2.45. The van der Waals surface area contributed by atoms with Gasteiger partial charge in [0.2, 0.25) is 5.91 Å². The van der Waals surface area contributed by atoms with E-state index in [0.717, 1.165) is 19.5 Å². The number of amides is 1. The van der Waals surface area contributed by atoms with E-state index in [1.165, 1.54) is 5.56 Å². The van der Waals surface area contributed by atoms with Gasteiger partial charge in [0.05, 0.1) is 0 Å². The molecule has 21 heavy (non-hydrogen) atoms. The summed E-state index contributed by atoms with van der Waals surface area (Å²) in [5.74, 6) is 0.668. The minimum Gasteiger partial charge on any atom is -0.354 e. The Labute approximate surface area is 129 Å². The molecule has 120 valence electrons. The van der Waals surface area contributed by atoms with Crippen molar-refractivity contribution in [1.82, 2.24) is 15.2 Å². The largest absolute Gasteiger partial charge is 0.354 e. The van der Waals surface area contributed by atoms with Gasteiger partial charge in [-0.25, -0.2) is 0 Å². The van der Waals surface area contributed by atoms with Crippen LogP contribution in [0.1, 0.15) is 59.1 Å². The maximum atomic E-state index is 11.7. The number of nitrogens with zero attached hydrogens (tertiary/aromatic N) is 1. The van der Waals surface area contributed by atoms with E-state index in [9.17, 15) is 4.79 Å². The molecule has 1 unspecified atom stereocenters. The molecule has 1 atom stereocenters. The SMILES string of the molecule is CCCNC(c1ccn(CCC(=O)NC(C)C)c1)C(C)C. The summed E-state index contributed by atoms with van der Waals surface area (Å²) in [4.78, 5) is 11.7. The van der Waals surface area contributed by atoms with Crippen molar-refractivity contribution in [2.24, 2.45) is 5.92 Å². The molecule has 4 heteroatoms. The number of aromatic nitrogens is 1. The predicted molar refractivity (Wildman–Crippen MR) is 88.2 cm³/mol. The van der Waals surface area contributed by atoms with Gasteiger partial charge in [-0.2, -0.15) is 0 Å². The molecule has 0 saturated heterocycles. The minimum absolute atomic E-state index is 0.116. The highest BCUT2D eigenvalue weighted by Crippen LogP contribution is 2.22. The molecule has 1 rings (SSSR count). The van der Waals surface area contributed by atoms with Crippen LogP contribution in [-0.2, 0) is 11.3 Å². The van der Waals surface area contributed by atoms with Gasteiger partial charge < -0.3 is 15.2 Å².